The van der Waals surface area contributed by atoms with Gasteiger partial charge in [0.2, 0.25) is 0 Å². The highest BCUT2D eigenvalue weighted by atomic mass is 125. The molecule has 23 heavy (non-hydrogen) atoms. The summed E-state index contributed by atoms with van der Waals surface area (Å²) >= 11 is 2.33. The first kappa shape index (κ1) is 16.9. The minimum atomic E-state index is -0.455. The fraction of sp³-hybridized carbons (Fsp3) is 0.368. The second kappa shape index (κ2) is 6.87. The van der Waals surface area contributed by atoms with Gasteiger partial charge in [-0.1, -0.05) is 18.2 Å². The summed E-state index contributed by atoms with van der Waals surface area (Å²) in [6, 6.07) is 13.2. The molecule has 1 atom stereocenters. The van der Waals surface area contributed by atoms with Crippen LogP contribution in [0.4, 0.5) is 4.39 Å². The minimum Gasteiger partial charge on any atom is -0.361 e. The van der Waals surface area contributed by atoms with E-state index in [-0.39, 0.29) is 5.82 Å². The Morgan fingerprint density at radius 2 is 1.91 bits per heavy atom. The van der Waals surface area contributed by atoms with Crippen molar-refractivity contribution in [3.63, 3.8) is 0 Å². The average molecular weight is 423 g/mol. The monoisotopic (exact) mass is 423 g/mol. The predicted octanol–water partition coefficient (Wildman–Crippen LogP) is 4.55. The molecule has 0 spiro atoms. The molecule has 0 N–H and O–H groups in total. The first-order chi connectivity index (χ1) is 11.0. The molecular formula is C19H21FINO. The minimum absolute atomic E-state index is 0.210. The Hall–Kier alpha value is -0.980. The molecule has 0 radical (unpaired) electrons. The van der Waals surface area contributed by atoms with Gasteiger partial charge in [-0.25, -0.2) is 4.39 Å². The molecule has 0 bridgehead atoms. The van der Waals surface area contributed by atoms with E-state index in [0.717, 1.165) is 24.9 Å². The van der Waals surface area contributed by atoms with Crippen molar-refractivity contribution < 1.29 is 9.13 Å². The molecule has 4 heteroatoms. The first-order valence-electron chi connectivity index (χ1n) is 7.85. The van der Waals surface area contributed by atoms with Crippen LogP contribution in [0.5, 0.6) is 0 Å². The van der Waals surface area contributed by atoms with E-state index in [4.69, 9.17) is 4.74 Å². The number of nitrogens with zero attached hydrogens (tertiary/aromatic N) is 1. The topological polar surface area (TPSA) is 12.5 Å². The molecule has 1 heterocycles. The molecule has 122 valence electrons. The molecule has 2 aromatic carbocycles. The highest BCUT2D eigenvalue weighted by molar-refractivity contribution is 14.1. The van der Waals surface area contributed by atoms with E-state index >= 15 is 0 Å². The number of ether oxygens (including phenoxy) is 1. The number of benzene rings is 2. The van der Waals surface area contributed by atoms with Gasteiger partial charge in [0.1, 0.15) is 11.4 Å². The fourth-order valence-corrected chi connectivity index (χ4v) is 3.86. The summed E-state index contributed by atoms with van der Waals surface area (Å²) < 4.78 is 20.9. The largest absolute Gasteiger partial charge is 0.361 e. The Morgan fingerprint density at radius 3 is 2.61 bits per heavy atom. The molecule has 2 nitrogen and oxygen atoms in total. The van der Waals surface area contributed by atoms with Crippen molar-refractivity contribution >= 4 is 22.6 Å². The maximum Gasteiger partial charge on any atom is 0.123 e. The average Bonchev–Trinajstić information content (AvgIpc) is 2.87. The van der Waals surface area contributed by atoms with E-state index in [2.05, 4.69) is 59.8 Å². The van der Waals surface area contributed by atoms with Crippen LogP contribution in [-0.4, -0.2) is 25.5 Å². The molecule has 0 saturated carbocycles. The highest BCUT2D eigenvalue weighted by Crippen LogP contribution is 2.45. The van der Waals surface area contributed by atoms with Crippen molar-refractivity contribution in [2.24, 2.45) is 0 Å². The van der Waals surface area contributed by atoms with Crippen LogP contribution in [0.1, 0.15) is 29.5 Å². The highest BCUT2D eigenvalue weighted by Gasteiger charge is 2.41. The Morgan fingerprint density at radius 1 is 1.17 bits per heavy atom. The van der Waals surface area contributed by atoms with Gasteiger partial charge in [0.05, 0.1) is 6.61 Å². The summed E-state index contributed by atoms with van der Waals surface area (Å²) in [5.41, 5.74) is 3.05. The van der Waals surface area contributed by atoms with Gasteiger partial charge >= 0.3 is 0 Å². The lowest BCUT2D eigenvalue weighted by Gasteiger charge is -2.31. The summed E-state index contributed by atoms with van der Waals surface area (Å²) in [5.74, 6) is -0.210. The molecule has 2 aromatic rings. The molecule has 3 rings (SSSR count). The van der Waals surface area contributed by atoms with Crippen LogP contribution in [0, 0.1) is 9.39 Å². The van der Waals surface area contributed by atoms with Gasteiger partial charge in [-0.05, 0) is 97.0 Å². The van der Waals surface area contributed by atoms with Gasteiger partial charge in [-0.15, -0.1) is 0 Å². The fourth-order valence-electron chi connectivity index (χ4n) is 3.31. The third-order valence-corrected chi connectivity index (χ3v) is 5.09. The quantitative estimate of drug-likeness (QED) is 0.655. The molecule has 1 aliphatic heterocycles. The maximum atomic E-state index is 13.4. The van der Waals surface area contributed by atoms with E-state index in [1.807, 2.05) is 12.1 Å². The van der Waals surface area contributed by atoms with Gasteiger partial charge in [-0.3, -0.25) is 0 Å². The van der Waals surface area contributed by atoms with Crippen LogP contribution in [-0.2, 0) is 16.9 Å². The van der Waals surface area contributed by atoms with Gasteiger partial charge in [0.15, 0.2) is 0 Å². The summed E-state index contributed by atoms with van der Waals surface area (Å²) in [6.45, 7) is 1.62. The lowest BCUT2D eigenvalue weighted by atomic mass is 9.82. The van der Waals surface area contributed by atoms with Gasteiger partial charge < -0.3 is 9.64 Å². The van der Waals surface area contributed by atoms with Crippen molar-refractivity contribution in [3.8, 4) is 0 Å². The number of rotatable bonds is 5. The van der Waals surface area contributed by atoms with Crippen LogP contribution in [0.15, 0.2) is 42.5 Å². The second-order valence-corrected chi connectivity index (χ2v) is 7.58. The summed E-state index contributed by atoms with van der Waals surface area (Å²) in [4.78, 5) is 2.18. The molecule has 1 aliphatic rings. The van der Waals surface area contributed by atoms with E-state index in [1.54, 1.807) is 0 Å². The zero-order valence-electron chi connectivity index (χ0n) is 13.5. The first-order valence-corrected chi connectivity index (χ1v) is 8.93. The van der Waals surface area contributed by atoms with Crippen molar-refractivity contribution in [1.82, 2.24) is 4.90 Å². The Bertz CT molecular complexity index is 686. The molecular weight excluding hydrogens is 402 g/mol. The van der Waals surface area contributed by atoms with Gasteiger partial charge in [-0.2, -0.15) is 0 Å². The molecule has 0 amide bonds. The summed E-state index contributed by atoms with van der Waals surface area (Å²) in [5, 5.41) is 0. The van der Waals surface area contributed by atoms with Crippen LogP contribution in [0.3, 0.4) is 0 Å². The second-order valence-electron chi connectivity index (χ2n) is 6.33. The van der Waals surface area contributed by atoms with Crippen LogP contribution < -0.4 is 0 Å². The lowest BCUT2D eigenvalue weighted by Crippen LogP contribution is -2.28. The van der Waals surface area contributed by atoms with Crippen LogP contribution in [0.2, 0.25) is 0 Å². The third-order valence-electron chi connectivity index (χ3n) is 4.42. The number of fused-ring (bicyclic) bond motifs is 1. The van der Waals surface area contributed by atoms with E-state index in [9.17, 15) is 4.39 Å². The standard InChI is InChI=1S/C19H21FINO/c1-22(2)11-3-10-19(15-4-6-16(20)7-5-15)18-9-8-17(21)12-14(18)13-23-19/h4-9,12H,3,10-11,13H2,1-2H3/i21-2. The predicted molar refractivity (Wildman–Crippen MR) is 98.9 cm³/mol. The Labute approximate surface area is 150 Å². The van der Waals surface area contributed by atoms with Crippen LogP contribution >= 0.6 is 22.6 Å². The molecule has 0 fully saturated rings. The van der Waals surface area contributed by atoms with Crippen molar-refractivity contribution in [2.45, 2.75) is 25.0 Å². The Kier molecular flexibility index (Phi) is 5.04. The summed E-state index contributed by atoms with van der Waals surface area (Å²) in [6.07, 6.45) is 1.92. The zero-order chi connectivity index (χ0) is 16.4. The van der Waals surface area contributed by atoms with Crippen molar-refractivity contribution in [2.75, 3.05) is 20.6 Å². The van der Waals surface area contributed by atoms with Gasteiger partial charge in [0, 0.05) is 3.57 Å². The SMILES string of the molecule is CN(C)CCCC1(c2ccc(F)cc2)OCc2cc([125I])ccc21. The van der Waals surface area contributed by atoms with Crippen LogP contribution in [0.25, 0.3) is 0 Å². The molecule has 0 aliphatic carbocycles. The van der Waals surface area contributed by atoms with E-state index in [0.29, 0.717) is 6.61 Å². The number of halogens is 2. The van der Waals surface area contributed by atoms with Gasteiger partial charge in [0.25, 0.3) is 0 Å². The zero-order valence-corrected chi connectivity index (χ0v) is 15.6. The number of hydrogen-bond donors (Lipinski definition) is 0. The molecule has 0 aromatic heterocycles. The molecule has 0 saturated heterocycles. The smallest absolute Gasteiger partial charge is 0.123 e. The third kappa shape index (κ3) is 3.44. The molecule has 1 unspecified atom stereocenters. The Balaban J connectivity index is 2.00. The van der Waals surface area contributed by atoms with E-state index < -0.39 is 5.60 Å². The number of hydrogen-bond acceptors (Lipinski definition) is 2. The van der Waals surface area contributed by atoms with E-state index in [1.165, 1.54) is 26.8 Å². The van der Waals surface area contributed by atoms with Crippen molar-refractivity contribution in [3.05, 3.63) is 68.5 Å². The summed E-state index contributed by atoms with van der Waals surface area (Å²) in [7, 11) is 4.16. The maximum absolute atomic E-state index is 13.4. The lowest BCUT2D eigenvalue weighted by molar-refractivity contribution is -0.0140. The van der Waals surface area contributed by atoms with Crippen molar-refractivity contribution in [1.29, 1.82) is 0 Å². The normalized spacial score (nSPS) is 20.0.